The molecule has 0 aliphatic carbocycles. The van der Waals surface area contributed by atoms with Crippen molar-refractivity contribution in [3.63, 3.8) is 0 Å². The van der Waals surface area contributed by atoms with Gasteiger partial charge in [0.1, 0.15) is 29.1 Å². The number of amides is 1. The van der Waals surface area contributed by atoms with Crippen molar-refractivity contribution in [2.75, 3.05) is 18.8 Å². The fourth-order valence-electron chi connectivity index (χ4n) is 4.15. The minimum Gasteiger partial charge on any atom is -0.444 e. The van der Waals surface area contributed by atoms with Gasteiger partial charge in [-0.05, 0) is 45.7 Å². The summed E-state index contributed by atoms with van der Waals surface area (Å²) in [6.07, 6.45) is 2.30. The van der Waals surface area contributed by atoms with E-state index in [9.17, 15) is 14.0 Å². The fraction of sp³-hybridized carbons (Fsp3) is 0.391. The maximum atomic E-state index is 13.6. The molecule has 1 unspecified atom stereocenters. The van der Waals surface area contributed by atoms with E-state index in [4.69, 9.17) is 14.9 Å². The number of halogens is 1. The van der Waals surface area contributed by atoms with Crippen molar-refractivity contribution in [2.45, 2.75) is 45.3 Å². The number of nitrogens with two attached hydrogens (primary N) is 1. The number of anilines is 1. The van der Waals surface area contributed by atoms with E-state index in [-0.39, 0.29) is 39.9 Å². The standard InChI is InChI=1S/C23H24FN7O4/c1-23(2,3)35-22(33)30-8-4-5-13(10-30)31-20-16(19(25)26-11-27-20)17(29-31)18(32)21-28-14-9-12(24)6-7-15(14)34-21/h6-7,9,11,13H,4-5,8,10H2,1-3H3,(H2,25,26,27). The number of nitrogens with zero attached hydrogens (tertiary/aromatic N) is 6. The normalized spacial score (nSPS) is 16.7. The summed E-state index contributed by atoms with van der Waals surface area (Å²) in [5, 5.41) is 4.80. The largest absolute Gasteiger partial charge is 0.444 e. The van der Waals surface area contributed by atoms with Crippen LogP contribution in [0.4, 0.5) is 15.0 Å². The molecule has 1 aliphatic heterocycles. The minimum atomic E-state index is -0.633. The summed E-state index contributed by atoms with van der Waals surface area (Å²) in [5.41, 5.74) is 6.30. The Balaban J connectivity index is 1.52. The lowest BCUT2D eigenvalue weighted by Crippen LogP contribution is -2.43. The molecule has 0 radical (unpaired) electrons. The van der Waals surface area contributed by atoms with E-state index < -0.39 is 23.3 Å². The highest BCUT2D eigenvalue weighted by Gasteiger charge is 2.33. The molecule has 0 bridgehead atoms. The summed E-state index contributed by atoms with van der Waals surface area (Å²) < 4.78 is 26.2. The predicted octanol–water partition coefficient (Wildman–Crippen LogP) is 3.49. The van der Waals surface area contributed by atoms with Crippen LogP contribution < -0.4 is 5.73 Å². The molecule has 1 saturated heterocycles. The average molecular weight is 481 g/mol. The molecule has 11 nitrogen and oxygen atoms in total. The molecular weight excluding hydrogens is 457 g/mol. The van der Waals surface area contributed by atoms with Crippen LogP contribution >= 0.6 is 0 Å². The molecule has 2 N–H and O–H groups in total. The first-order valence-electron chi connectivity index (χ1n) is 11.2. The van der Waals surface area contributed by atoms with E-state index in [1.807, 2.05) is 20.8 Å². The Morgan fingerprint density at radius 1 is 1.26 bits per heavy atom. The number of fused-ring (bicyclic) bond motifs is 2. The average Bonchev–Trinajstić information content (AvgIpc) is 3.40. The van der Waals surface area contributed by atoms with Gasteiger partial charge in [-0.3, -0.25) is 4.79 Å². The number of carbonyl (C=O) groups excluding carboxylic acids is 2. The van der Waals surface area contributed by atoms with Crippen LogP contribution in [0, 0.1) is 5.82 Å². The molecule has 0 saturated carbocycles. The summed E-state index contributed by atoms with van der Waals surface area (Å²) in [7, 11) is 0. The summed E-state index contributed by atoms with van der Waals surface area (Å²) in [6, 6.07) is 3.52. The van der Waals surface area contributed by atoms with Gasteiger partial charge in [-0.2, -0.15) is 5.10 Å². The number of nitrogen functional groups attached to an aromatic ring is 1. The Morgan fingerprint density at radius 2 is 2.06 bits per heavy atom. The summed E-state index contributed by atoms with van der Waals surface area (Å²) >= 11 is 0. The van der Waals surface area contributed by atoms with Crippen molar-refractivity contribution in [2.24, 2.45) is 0 Å². The molecule has 3 aromatic heterocycles. The number of piperidine rings is 1. The van der Waals surface area contributed by atoms with Crippen LogP contribution in [0.15, 0.2) is 28.9 Å². The minimum absolute atomic E-state index is 0.0282. The molecule has 5 rings (SSSR count). The molecule has 35 heavy (non-hydrogen) atoms. The lowest BCUT2D eigenvalue weighted by atomic mass is 10.1. The Labute approximate surface area is 199 Å². The van der Waals surface area contributed by atoms with Gasteiger partial charge in [-0.15, -0.1) is 0 Å². The van der Waals surface area contributed by atoms with Gasteiger partial charge in [-0.25, -0.2) is 28.8 Å². The number of aromatic nitrogens is 5. The van der Waals surface area contributed by atoms with Crippen molar-refractivity contribution >= 4 is 39.8 Å². The third kappa shape index (κ3) is 4.27. The molecule has 182 valence electrons. The number of hydrogen-bond donors (Lipinski definition) is 1. The van der Waals surface area contributed by atoms with Crippen molar-refractivity contribution in [3.05, 3.63) is 41.9 Å². The smallest absolute Gasteiger partial charge is 0.410 e. The van der Waals surface area contributed by atoms with Crippen LogP contribution in [0.3, 0.4) is 0 Å². The van der Waals surface area contributed by atoms with Crippen molar-refractivity contribution in [3.8, 4) is 0 Å². The highest BCUT2D eigenvalue weighted by molar-refractivity contribution is 6.15. The Hall–Kier alpha value is -4.09. The van der Waals surface area contributed by atoms with Crippen LogP contribution in [-0.4, -0.2) is 60.2 Å². The first-order valence-corrected chi connectivity index (χ1v) is 11.2. The van der Waals surface area contributed by atoms with Gasteiger partial charge in [0.2, 0.25) is 0 Å². The SMILES string of the molecule is CC(C)(C)OC(=O)N1CCCC(n2nc(C(=O)c3nc4cc(F)ccc4o3)c3c(N)ncnc32)C1. The van der Waals surface area contributed by atoms with E-state index >= 15 is 0 Å². The highest BCUT2D eigenvalue weighted by Crippen LogP contribution is 2.30. The number of rotatable bonds is 3. The molecule has 4 aromatic rings. The zero-order valence-corrected chi connectivity index (χ0v) is 19.5. The number of benzene rings is 1. The molecule has 1 atom stereocenters. The third-order valence-corrected chi connectivity index (χ3v) is 5.67. The van der Waals surface area contributed by atoms with Gasteiger partial charge in [0.15, 0.2) is 16.9 Å². The fourth-order valence-corrected chi connectivity index (χ4v) is 4.15. The molecule has 1 fully saturated rings. The second-order valence-corrected chi connectivity index (χ2v) is 9.43. The lowest BCUT2D eigenvalue weighted by Gasteiger charge is -2.34. The number of hydrogen-bond acceptors (Lipinski definition) is 9. The number of oxazole rings is 1. The van der Waals surface area contributed by atoms with Crippen LogP contribution in [-0.2, 0) is 4.74 Å². The monoisotopic (exact) mass is 481 g/mol. The quantitative estimate of drug-likeness (QED) is 0.435. The first kappa shape index (κ1) is 22.7. The Morgan fingerprint density at radius 3 is 2.83 bits per heavy atom. The zero-order valence-electron chi connectivity index (χ0n) is 19.5. The second-order valence-electron chi connectivity index (χ2n) is 9.43. The maximum Gasteiger partial charge on any atom is 0.410 e. The first-order chi connectivity index (χ1) is 16.6. The summed E-state index contributed by atoms with van der Waals surface area (Å²) in [6.45, 7) is 6.31. The van der Waals surface area contributed by atoms with E-state index in [0.29, 0.717) is 31.6 Å². The Kier molecular flexibility index (Phi) is 5.37. The zero-order chi connectivity index (χ0) is 24.9. The van der Waals surface area contributed by atoms with Gasteiger partial charge >= 0.3 is 6.09 Å². The number of ether oxygens (including phenoxy) is 1. The van der Waals surface area contributed by atoms with Crippen LogP contribution in [0.25, 0.3) is 22.1 Å². The van der Waals surface area contributed by atoms with E-state index in [2.05, 4.69) is 20.1 Å². The highest BCUT2D eigenvalue weighted by atomic mass is 19.1. The van der Waals surface area contributed by atoms with Crippen molar-refractivity contribution in [1.82, 2.24) is 29.6 Å². The van der Waals surface area contributed by atoms with Gasteiger partial charge in [-0.1, -0.05) is 0 Å². The predicted molar refractivity (Wildman–Crippen MR) is 123 cm³/mol. The molecule has 1 amide bonds. The number of carbonyl (C=O) groups is 2. The molecule has 0 spiro atoms. The lowest BCUT2D eigenvalue weighted by molar-refractivity contribution is 0.0168. The van der Waals surface area contributed by atoms with Gasteiger partial charge in [0.25, 0.3) is 11.7 Å². The third-order valence-electron chi connectivity index (χ3n) is 5.67. The molecule has 12 heteroatoms. The van der Waals surface area contributed by atoms with Crippen LogP contribution in [0.1, 0.15) is 56.0 Å². The molecular formula is C23H24FN7O4. The maximum absolute atomic E-state index is 13.6. The van der Waals surface area contributed by atoms with Crippen LogP contribution in [0.2, 0.25) is 0 Å². The van der Waals surface area contributed by atoms with Gasteiger partial charge < -0.3 is 19.8 Å². The number of ketones is 1. The van der Waals surface area contributed by atoms with E-state index in [0.717, 1.165) is 0 Å². The second kappa shape index (κ2) is 8.29. The molecule has 1 aromatic carbocycles. The molecule has 4 heterocycles. The summed E-state index contributed by atoms with van der Waals surface area (Å²) in [5.74, 6) is -1.30. The van der Waals surface area contributed by atoms with Crippen molar-refractivity contribution in [1.29, 1.82) is 0 Å². The van der Waals surface area contributed by atoms with Gasteiger partial charge in [0.05, 0.1) is 11.4 Å². The van der Waals surface area contributed by atoms with Crippen molar-refractivity contribution < 1.29 is 23.1 Å². The summed E-state index contributed by atoms with van der Waals surface area (Å²) in [4.78, 5) is 40.1. The van der Waals surface area contributed by atoms with Crippen LogP contribution in [0.5, 0.6) is 0 Å². The van der Waals surface area contributed by atoms with E-state index in [1.54, 1.807) is 9.58 Å². The van der Waals surface area contributed by atoms with E-state index in [1.165, 1.54) is 24.5 Å². The topological polar surface area (TPSA) is 142 Å². The Bertz CT molecular complexity index is 1460. The van der Waals surface area contributed by atoms with Gasteiger partial charge in [0, 0.05) is 19.2 Å². The number of likely N-dealkylation sites (tertiary alicyclic amines) is 1. The molecule has 1 aliphatic rings.